The number of rotatable bonds is 2. The van der Waals surface area contributed by atoms with Gasteiger partial charge < -0.3 is 5.32 Å². The van der Waals surface area contributed by atoms with E-state index in [2.05, 4.69) is 11.4 Å². The van der Waals surface area contributed by atoms with Crippen LogP contribution in [0.3, 0.4) is 0 Å². The lowest BCUT2D eigenvalue weighted by molar-refractivity contribution is -0.120. The molecule has 1 aromatic rings. The zero-order valence-corrected chi connectivity index (χ0v) is 10.6. The van der Waals surface area contributed by atoms with Crippen LogP contribution < -0.4 is 5.32 Å². The Morgan fingerprint density at radius 3 is 2.89 bits per heavy atom. The quantitative estimate of drug-likeness (QED) is 0.828. The Labute approximate surface area is 111 Å². The van der Waals surface area contributed by atoms with Crippen LogP contribution in [0.1, 0.15) is 24.8 Å². The van der Waals surface area contributed by atoms with Crippen molar-refractivity contribution < 1.29 is 4.79 Å². The molecule has 1 amide bonds. The Balaban J connectivity index is 2.05. The molecule has 0 fully saturated rings. The molecule has 0 bridgehead atoms. The summed E-state index contributed by atoms with van der Waals surface area (Å²) < 4.78 is 0. The predicted octanol–water partition coefficient (Wildman–Crippen LogP) is 3.51. The molecule has 0 unspecified atom stereocenters. The third kappa shape index (κ3) is 2.91. The molecule has 1 aromatic carbocycles. The van der Waals surface area contributed by atoms with Gasteiger partial charge in [0, 0.05) is 11.6 Å². The van der Waals surface area contributed by atoms with E-state index in [9.17, 15) is 4.79 Å². The molecule has 4 heteroatoms. The largest absolute Gasteiger partial charge is 0.326 e. The molecule has 0 heterocycles. The number of amides is 1. The molecule has 2 rings (SSSR count). The molecule has 0 spiro atoms. The van der Waals surface area contributed by atoms with Crippen LogP contribution in [0, 0.1) is 17.2 Å². The summed E-state index contributed by atoms with van der Waals surface area (Å²) in [5.74, 6) is 0.0459. The van der Waals surface area contributed by atoms with Crippen LogP contribution in [-0.2, 0) is 4.79 Å². The number of nitriles is 1. The summed E-state index contributed by atoms with van der Waals surface area (Å²) >= 11 is 5.91. The molecule has 0 aromatic heterocycles. The molecule has 1 atom stereocenters. The minimum Gasteiger partial charge on any atom is -0.326 e. The lowest BCUT2D eigenvalue weighted by atomic mass is 9.93. The van der Waals surface area contributed by atoms with E-state index in [4.69, 9.17) is 16.9 Å². The highest BCUT2D eigenvalue weighted by Gasteiger charge is 2.18. The van der Waals surface area contributed by atoms with Crippen LogP contribution in [0.5, 0.6) is 0 Å². The predicted molar refractivity (Wildman–Crippen MR) is 71.3 cm³/mol. The molecule has 0 aliphatic heterocycles. The van der Waals surface area contributed by atoms with E-state index >= 15 is 0 Å². The molecule has 92 valence electrons. The van der Waals surface area contributed by atoms with Gasteiger partial charge in [0.15, 0.2) is 0 Å². The number of anilines is 1. The highest BCUT2D eigenvalue weighted by Crippen LogP contribution is 2.23. The number of hydrogen-bond donors (Lipinski definition) is 1. The Kier molecular flexibility index (Phi) is 4.01. The van der Waals surface area contributed by atoms with Gasteiger partial charge >= 0.3 is 0 Å². The first-order valence-corrected chi connectivity index (χ1v) is 6.24. The number of carbonyl (C=O) groups is 1. The van der Waals surface area contributed by atoms with Crippen molar-refractivity contribution in [2.24, 2.45) is 5.92 Å². The van der Waals surface area contributed by atoms with E-state index in [1.165, 1.54) is 0 Å². The maximum absolute atomic E-state index is 12.0. The van der Waals surface area contributed by atoms with Crippen molar-refractivity contribution in [3.8, 4) is 6.07 Å². The third-order valence-corrected chi connectivity index (χ3v) is 3.31. The molecule has 0 saturated heterocycles. The highest BCUT2D eigenvalue weighted by atomic mass is 35.5. The van der Waals surface area contributed by atoms with Crippen molar-refractivity contribution in [3.05, 3.63) is 40.9 Å². The Bertz CT molecular complexity index is 531. The van der Waals surface area contributed by atoms with Gasteiger partial charge in [-0.2, -0.15) is 5.26 Å². The van der Waals surface area contributed by atoms with Gasteiger partial charge in [0.1, 0.15) is 6.07 Å². The number of carbonyl (C=O) groups excluding carboxylic acids is 1. The summed E-state index contributed by atoms with van der Waals surface area (Å²) in [5, 5.41) is 12.0. The van der Waals surface area contributed by atoms with Gasteiger partial charge in [-0.1, -0.05) is 23.8 Å². The zero-order valence-electron chi connectivity index (χ0n) is 9.82. The molecule has 1 N–H and O–H groups in total. The Morgan fingerprint density at radius 2 is 2.28 bits per heavy atom. The SMILES string of the molecule is N#Cc1ccc(NC(=O)[C@@H]2CC=CCC2)cc1Cl. The number of allylic oxidation sites excluding steroid dienone is 2. The van der Waals surface area contributed by atoms with Gasteiger partial charge in [-0.15, -0.1) is 0 Å². The fourth-order valence-electron chi connectivity index (χ4n) is 1.96. The standard InChI is InChI=1S/C14H13ClN2O/c15-13-8-12(7-6-11(13)9-16)17-14(18)10-4-2-1-3-5-10/h1-2,6-8,10H,3-5H2,(H,17,18)/t10-/m1/s1. The fourth-order valence-corrected chi connectivity index (χ4v) is 2.18. The molecule has 3 nitrogen and oxygen atoms in total. The van der Waals surface area contributed by atoms with Crippen LogP contribution >= 0.6 is 11.6 Å². The third-order valence-electron chi connectivity index (χ3n) is 3.00. The van der Waals surface area contributed by atoms with Crippen LogP contribution in [0.4, 0.5) is 5.69 Å². The second kappa shape index (κ2) is 5.70. The van der Waals surface area contributed by atoms with Gasteiger partial charge in [-0.3, -0.25) is 4.79 Å². The normalized spacial score (nSPS) is 18.1. The average molecular weight is 261 g/mol. The smallest absolute Gasteiger partial charge is 0.227 e. The zero-order chi connectivity index (χ0) is 13.0. The van der Waals surface area contributed by atoms with E-state index in [0.29, 0.717) is 16.3 Å². The number of hydrogen-bond acceptors (Lipinski definition) is 2. The van der Waals surface area contributed by atoms with E-state index in [1.807, 2.05) is 12.1 Å². The van der Waals surface area contributed by atoms with Gasteiger partial charge in [0.2, 0.25) is 5.91 Å². The lowest BCUT2D eigenvalue weighted by Crippen LogP contribution is -2.23. The van der Waals surface area contributed by atoms with Crippen LogP contribution in [0.15, 0.2) is 30.4 Å². The van der Waals surface area contributed by atoms with Gasteiger partial charge in [-0.05, 0) is 37.5 Å². The highest BCUT2D eigenvalue weighted by molar-refractivity contribution is 6.32. The minimum absolute atomic E-state index is 0.0140. The molecular formula is C14H13ClN2O. The number of benzene rings is 1. The molecule has 18 heavy (non-hydrogen) atoms. The molecule has 0 radical (unpaired) electrons. The fraction of sp³-hybridized carbons (Fsp3) is 0.286. The van der Waals surface area contributed by atoms with Crippen molar-refractivity contribution in [2.45, 2.75) is 19.3 Å². The van der Waals surface area contributed by atoms with E-state index in [0.717, 1.165) is 19.3 Å². The second-order valence-corrected chi connectivity index (χ2v) is 4.68. The van der Waals surface area contributed by atoms with Crippen LogP contribution in [0.2, 0.25) is 5.02 Å². The van der Waals surface area contributed by atoms with Gasteiger partial charge in [0.25, 0.3) is 0 Å². The van der Waals surface area contributed by atoms with E-state index in [1.54, 1.807) is 18.2 Å². The molecule has 1 aliphatic carbocycles. The summed E-state index contributed by atoms with van der Waals surface area (Å²) in [7, 11) is 0. The van der Waals surface area contributed by atoms with Crippen molar-refractivity contribution in [2.75, 3.05) is 5.32 Å². The summed E-state index contributed by atoms with van der Waals surface area (Å²) in [5.41, 5.74) is 1.05. The first kappa shape index (κ1) is 12.7. The number of halogens is 1. The van der Waals surface area contributed by atoms with E-state index < -0.39 is 0 Å². The number of nitrogens with one attached hydrogen (secondary N) is 1. The minimum atomic E-state index is 0.0140. The van der Waals surface area contributed by atoms with Crippen molar-refractivity contribution in [1.82, 2.24) is 0 Å². The summed E-state index contributed by atoms with van der Waals surface area (Å²) in [4.78, 5) is 12.0. The molecular weight excluding hydrogens is 248 g/mol. The first-order chi connectivity index (χ1) is 8.70. The van der Waals surface area contributed by atoms with Gasteiger partial charge in [-0.25, -0.2) is 0 Å². The lowest BCUT2D eigenvalue weighted by Gasteiger charge is -2.17. The molecule has 1 aliphatic rings. The van der Waals surface area contributed by atoms with Crippen molar-refractivity contribution in [3.63, 3.8) is 0 Å². The Hall–Kier alpha value is -1.79. The first-order valence-electron chi connectivity index (χ1n) is 5.86. The second-order valence-electron chi connectivity index (χ2n) is 4.28. The van der Waals surface area contributed by atoms with Crippen LogP contribution in [-0.4, -0.2) is 5.91 Å². The summed E-state index contributed by atoms with van der Waals surface area (Å²) in [6.45, 7) is 0. The van der Waals surface area contributed by atoms with Crippen molar-refractivity contribution >= 4 is 23.2 Å². The maximum Gasteiger partial charge on any atom is 0.227 e. The Morgan fingerprint density at radius 1 is 1.44 bits per heavy atom. The van der Waals surface area contributed by atoms with Crippen molar-refractivity contribution in [1.29, 1.82) is 5.26 Å². The monoisotopic (exact) mass is 260 g/mol. The topological polar surface area (TPSA) is 52.9 Å². The summed E-state index contributed by atoms with van der Waals surface area (Å²) in [6.07, 6.45) is 6.76. The average Bonchev–Trinajstić information content (AvgIpc) is 2.40. The van der Waals surface area contributed by atoms with E-state index in [-0.39, 0.29) is 11.8 Å². The maximum atomic E-state index is 12.0. The van der Waals surface area contributed by atoms with Gasteiger partial charge in [0.05, 0.1) is 10.6 Å². The molecule has 0 saturated carbocycles. The van der Waals surface area contributed by atoms with Crippen LogP contribution in [0.25, 0.3) is 0 Å². The number of nitrogens with zero attached hydrogens (tertiary/aromatic N) is 1. The summed E-state index contributed by atoms with van der Waals surface area (Å²) in [6, 6.07) is 6.90.